The summed E-state index contributed by atoms with van der Waals surface area (Å²) in [5.41, 5.74) is 7.32. The number of fused-ring (bicyclic) bond motifs is 3. The highest BCUT2D eigenvalue weighted by Crippen LogP contribution is 2.61. The molecule has 0 amide bonds. The van der Waals surface area contributed by atoms with Crippen molar-refractivity contribution < 1.29 is 8.78 Å². The maximum Gasteiger partial charge on any atom is 0.124 e. The van der Waals surface area contributed by atoms with Gasteiger partial charge in [0.05, 0.1) is 33.7 Å². The molecule has 2 aromatic rings. The van der Waals surface area contributed by atoms with E-state index < -0.39 is 12.2 Å². The first-order chi connectivity index (χ1) is 27.2. The quantitative estimate of drug-likeness (QED) is 0.230. The molecule has 11 heteroatoms. The van der Waals surface area contributed by atoms with Crippen LogP contribution in [0.25, 0.3) is 6.08 Å². The number of benzene rings is 1. The number of hydrogen-bond donors (Lipinski definition) is 1. The Labute approximate surface area is 337 Å². The molecular weight excluding hydrogens is 744 g/mol. The molecule has 0 spiro atoms. The van der Waals surface area contributed by atoms with Gasteiger partial charge in [0.2, 0.25) is 0 Å². The Balaban J connectivity index is 0.890. The number of nitrogens with zero attached hydrogens (tertiary/aromatic N) is 6. The Kier molecular flexibility index (Phi) is 10.6. The number of amidine groups is 1. The normalized spacial score (nSPS) is 32.5. The second kappa shape index (κ2) is 15.7. The zero-order valence-corrected chi connectivity index (χ0v) is 33.5. The topological polar surface area (TPSA) is 77.6 Å². The van der Waals surface area contributed by atoms with Gasteiger partial charge in [0.1, 0.15) is 23.9 Å². The Morgan fingerprint density at radius 1 is 1.09 bits per heavy atom. The third-order valence-electron chi connectivity index (χ3n) is 13.0. The van der Waals surface area contributed by atoms with E-state index in [9.17, 15) is 8.78 Å². The fourth-order valence-electron chi connectivity index (χ4n) is 10.2. The van der Waals surface area contributed by atoms with Gasteiger partial charge in [-0.1, -0.05) is 36.7 Å². The Hall–Kier alpha value is -3.99. The van der Waals surface area contributed by atoms with Crippen LogP contribution in [-0.4, -0.2) is 52.5 Å². The second-order valence-electron chi connectivity index (χ2n) is 16.6. The van der Waals surface area contributed by atoms with E-state index in [1.165, 1.54) is 62.9 Å². The molecule has 6 heterocycles. The van der Waals surface area contributed by atoms with Gasteiger partial charge in [-0.25, -0.2) is 13.8 Å². The molecule has 9 rings (SSSR count). The molecule has 5 aliphatic heterocycles. The van der Waals surface area contributed by atoms with Gasteiger partial charge in [0.15, 0.2) is 0 Å². The van der Waals surface area contributed by atoms with Crippen LogP contribution in [0.4, 0.5) is 8.78 Å². The third-order valence-corrected chi connectivity index (χ3v) is 14.4. The molecule has 4 unspecified atom stereocenters. The van der Waals surface area contributed by atoms with Crippen LogP contribution in [0.1, 0.15) is 76.1 Å². The van der Waals surface area contributed by atoms with Crippen LogP contribution in [0.3, 0.4) is 0 Å². The van der Waals surface area contributed by atoms with Crippen molar-refractivity contribution in [1.29, 1.82) is 0 Å². The molecule has 290 valence electrons. The first kappa shape index (κ1) is 37.6. The molecule has 1 N–H and O–H groups in total. The summed E-state index contributed by atoms with van der Waals surface area (Å²) >= 11 is 8.55. The van der Waals surface area contributed by atoms with E-state index in [0.29, 0.717) is 34.4 Å². The number of thioether (sulfide) groups is 1. The first-order valence-corrected chi connectivity index (χ1v) is 21.5. The van der Waals surface area contributed by atoms with Crippen molar-refractivity contribution in [3.05, 3.63) is 129 Å². The monoisotopic (exact) mass is 791 g/mol. The number of halogens is 3. The smallest absolute Gasteiger partial charge is 0.124 e. The highest BCUT2D eigenvalue weighted by molar-refractivity contribution is 8.03. The summed E-state index contributed by atoms with van der Waals surface area (Å²) in [6, 6.07) is 10.0. The largest absolute Gasteiger partial charge is 0.332 e. The second-order valence-corrected chi connectivity index (χ2v) is 18.1. The van der Waals surface area contributed by atoms with Crippen LogP contribution in [0, 0.1) is 34.9 Å². The van der Waals surface area contributed by atoms with Crippen molar-refractivity contribution in [2.75, 3.05) is 19.6 Å². The molecule has 1 aromatic carbocycles. The van der Waals surface area contributed by atoms with Gasteiger partial charge in [0.25, 0.3) is 0 Å². The molecule has 1 aromatic heterocycles. The van der Waals surface area contributed by atoms with Crippen LogP contribution < -0.4 is 5.32 Å². The van der Waals surface area contributed by atoms with E-state index in [0.717, 1.165) is 72.2 Å². The van der Waals surface area contributed by atoms with Crippen LogP contribution in [0.15, 0.2) is 127 Å². The van der Waals surface area contributed by atoms with Crippen molar-refractivity contribution in [2.45, 2.75) is 76.3 Å². The lowest BCUT2D eigenvalue weighted by Gasteiger charge is -2.44. The van der Waals surface area contributed by atoms with E-state index in [1.807, 2.05) is 42.6 Å². The minimum Gasteiger partial charge on any atom is -0.332 e. The van der Waals surface area contributed by atoms with Crippen molar-refractivity contribution >= 4 is 41.0 Å². The molecule has 56 heavy (non-hydrogen) atoms. The number of hydrogen-bond acceptors (Lipinski definition) is 8. The van der Waals surface area contributed by atoms with E-state index in [-0.39, 0.29) is 16.5 Å². The lowest BCUT2D eigenvalue weighted by atomic mass is 9.61. The molecule has 1 saturated heterocycles. The number of aromatic nitrogens is 1. The van der Waals surface area contributed by atoms with Gasteiger partial charge in [0, 0.05) is 46.6 Å². The maximum absolute atomic E-state index is 14.3. The lowest BCUT2D eigenvalue weighted by Crippen LogP contribution is -2.40. The predicted molar refractivity (Wildman–Crippen MR) is 223 cm³/mol. The number of pyridine rings is 1. The third kappa shape index (κ3) is 7.33. The molecular formula is C45H48ClF2N7S. The number of aliphatic imine (C=N–C) groups is 2. The van der Waals surface area contributed by atoms with E-state index >= 15 is 0 Å². The van der Waals surface area contributed by atoms with E-state index in [4.69, 9.17) is 26.7 Å². The summed E-state index contributed by atoms with van der Waals surface area (Å²) in [6.45, 7) is 6.70. The van der Waals surface area contributed by atoms with Gasteiger partial charge in [-0.2, -0.15) is 10.2 Å². The lowest BCUT2D eigenvalue weighted by molar-refractivity contribution is 0.0968. The Bertz CT molecular complexity index is 2130. The maximum atomic E-state index is 14.3. The summed E-state index contributed by atoms with van der Waals surface area (Å²) in [7, 11) is 0. The number of azo groups is 1. The highest BCUT2D eigenvalue weighted by atomic mass is 35.5. The number of alkyl halides is 1. The molecule has 7 nitrogen and oxygen atoms in total. The van der Waals surface area contributed by atoms with Gasteiger partial charge in [-0.3, -0.25) is 9.98 Å². The zero-order valence-electron chi connectivity index (χ0n) is 31.9. The molecule has 2 aliphatic carbocycles. The van der Waals surface area contributed by atoms with Crippen LogP contribution in [-0.2, 0) is 0 Å². The van der Waals surface area contributed by atoms with Crippen molar-refractivity contribution in [1.82, 2.24) is 15.2 Å². The fraction of sp³-hybridized carbons (Fsp3) is 0.444. The highest BCUT2D eigenvalue weighted by Gasteiger charge is 2.54. The minimum atomic E-state index is -1.11. The van der Waals surface area contributed by atoms with Gasteiger partial charge in [-0.15, -0.1) is 11.8 Å². The van der Waals surface area contributed by atoms with Crippen LogP contribution in [0.2, 0.25) is 5.02 Å². The first-order valence-electron chi connectivity index (χ1n) is 20.2. The average molecular weight is 792 g/mol. The van der Waals surface area contributed by atoms with Gasteiger partial charge >= 0.3 is 0 Å². The van der Waals surface area contributed by atoms with E-state index in [2.05, 4.69) is 44.8 Å². The van der Waals surface area contributed by atoms with Crippen molar-refractivity contribution in [3.8, 4) is 0 Å². The zero-order chi connectivity index (χ0) is 38.4. The summed E-state index contributed by atoms with van der Waals surface area (Å²) in [5.74, 6) is 2.99. The number of nitrogens with one attached hydrogen (secondary N) is 1. The molecule has 0 radical (unpaired) electrons. The Morgan fingerprint density at radius 2 is 1.95 bits per heavy atom. The molecule has 2 saturated carbocycles. The number of allylic oxidation sites excluding steroid dienone is 7. The van der Waals surface area contributed by atoms with Gasteiger partial charge < -0.3 is 10.2 Å². The standard InChI is InChI=1S/C45H48ClF2N7S/c1-27(47)18-34-11-13-38(51-34)42-39-21-29(26-55(39)44(40-7-5-17-56-40)52-43(42)36-12-10-32(48)22-37(36)46)25-49-16-14-28-19-30-8-9-31(20-28)45(30,2)41-24-35(53-54-41)23-33-6-3-4-15-50-33/h3-6,10-13,15,17-18,22-24,27-31,40,43,49H,7-9,14,16,19-21,25-26H2,1-2H3/b34-18+,35-23-/t27?,28?,29-,30?,31?,40?,43+,45?/m1/s1. The van der Waals surface area contributed by atoms with Crippen LogP contribution in [0.5, 0.6) is 0 Å². The van der Waals surface area contributed by atoms with Gasteiger partial charge in [-0.05, 0) is 142 Å². The predicted octanol–water partition coefficient (Wildman–Crippen LogP) is 11.0. The van der Waals surface area contributed by atoms with Crippen molar-refractivity contribution in [3.63, 3.8) is 0 Å². The molecule has 6 atom stereocenters. The Morgan fingerprint density at radius 3 is 2.70 bits per heavy atom. The van der Waals surface area contributed by atoms with Crippen LogP contribution >= 0.6 is 23.4 Å². The molecule has 7 aliphatic rings. The molecule has 2 bridgehead atoms. The summed E-state index contributed by atoms with van der Waals surface area (Å²) in [6.07, 6.45) is 20.4. The average Bonchev–Trinajstić information content (AvgIpc) is 4.03. The minimum absolute atomic E-state index is 0.0784. The summed E-state index contributed by atoms with van der Waals surface area (Å²) in [5, 5.41) is 15.9. The summed E-state index contributed by atoms with van der Waals surface area (Å²) in [4.78, 5) is 17.2. The summed E-state index contributed by atoms with van der Waals surface area (Å²) < 4.78 is 28.3. The number of rotatable bonds is 11. The SMILES string of the molecule is CC(F)/C=C1\C=CC(C2=C3C[C@H](CNCCC4CC5CCC(C4)C5(C)C4=C/C(=C/c5ccccn5)N=N4)CN3C(C3CC=CS3)=N[C@H]2c2ccc(F)cc2Cl)=N1. The molecule has 3 fully saturated rings. The van der Waals surface area contributed by atoms with E-state index in [1.54, 1.807) is 17.8 Å². The van der Waals surface area contributed by atoms with Crippen molar-refractivity contribution in [2.24, 2.45) is 49.3 Å². The fourth-order valence-corrected chi connectivity index (χ4v) is 11.5.